The Morgan fingerprint density at radius 3 is 2.95 bits per heavy atom. The fourth-order valence-corrected chi connectivity index (χ4v) is 3.21. The average Bonchev–Trinajstić information content (AvgIpc) is 3.08. The second kappa shape index (κ2) is 5.82. The molecule has 2 aromatic rings. The van der Waals surface area contributed by atoms with Crippen molar-refractivity contribution in [3.05, 3.63) is 35.7 Å². The summed E-state index contributed by atoms with van der Waals surface area (Å²) in [5.41, 5.74) is 1.43. The highest BCUT2D eigenvalue weighted by molar-refractivity contribution is 5.55. The summed E-state index contributed by atoms with van der Waals surface area (Å²) in [5.74, 6) is 1.23. The molecule has 0 saturated carbocycles. The number of likely N-dealkylation sites (tertiary alicyclic amines) is 1. The highest BCUT2D eigenvalue weighted by Gasteiger charge is 2.36. The van der Waals surface area contributed by atoms with Crippen molar-refractivity contribution in [3.8, 4) is 11.4 Å². The summed E-state index contributed by atoms with van der Waals surface area (Å²) >= 11 is 0. The molecular formula is C17H23N3O2. The first-order chi connectivity index (χ1) is 10.4. The van der Waals surface area contributed by atoms with Crippen molar-refractivity contribution in [2.75, 3.05) is 6.54 Å². The van der Waals surface area contributed by atoms with E-state index in [0.29, 0.717) is 18.3 Å². The monoisotopic (exact) mass is 301 g/mol. The summed E-state index contributed by atoms with van der Waals surface area (Å²) in [6.07, 6.45) is 2.09. The third kappa shape index (κ3) is 3.20. The lowest BCUT2D eigenvalue weighted by Gasteiger charge is -2.32. The minimum absolute atomic E-state index is 0.141. The van der Waals surface area contributed by atoms with E-state index in [0.717, 1.165) is 24.9 Å². The van der Waals surface area contributed by atoms with Gasteiger partial charge in [-0.1, -0.05) is 28.9 Å². The SMILES string of the molecule is Cc1cccc(-c2noc(CN3CCCC3C(C)(C)O)n2)c1. The normalized spacial score (nSPS) is 19.7. The Bertz CT molecular complexity index is 645. The Balaban J connectivity index is 1.75. The summed E-state index contributed by atoms with van der Waals surface area (Å²) in [6, 6.07) is 8.21. The van der Waals surface area contributed by atoms with Gasteiger partial charge in [-0.2, -0.15) is 4.98 Å². The first-order valence-corrected chi connectivity index (χ1v) is 7.79. The van der Waals surface area contributed by atoms with E-state index in [1.165, 1.54) is 5.56 Å². The average molecular weight is 301 g/mol. The van der Waals surface area contributed by atoms with Crippen LogP contribution in [0.1, 0.15) is 38.1 Å². The zero-order valence-electron chi connectivity index (χ0n) is 13.4. The van der Waals surface area contributed by atoms with Gasteiger partial charge in [0.2, 0.25) is 11.7 Å². The molecule has 118 valence electrons. The Labute approximate surface area is 131 Å². The van der Waals surface area contributed by atoms with Crippen molar-refractivity contribution in [2.45, 2.75) is 51.8 Å². The topological polar surface area (TPSA) is 62.4 Å². The maximum Gasteiger partial charge on any atom is 0.241 e. The Morgan fingerprint density at radius 2 is 2.23 bits per heavy atom. The standard InChI is InChI=1S/C17H23N3O2/c1-12-6-4-7-13(10-12)16-18-15(22-19-16)11-20-9-5-8-14(20)17(2,3)21/h4,6-7,10,14,21H,5,8-9,11H2,1-3H3. The van der Waals surface area contributed by atoms with Gasteiger partial charge in [-0.25, -0.2) is 0 Å². The zero-order chi connectivity index (χ0) is 15.7. The predicted molar refractivity (Wildman–Crippen MR) is 84.2 cm³/mol. The van der Waals surface area contributed by atoms with E-state index in [4.69, 9.17) is 4.52 Å². The molecule has 0 amide bonds. The summed E-state index contributed by atoms with van der Waals surface area (Å²) in [7, 11) is 0. The van der Waals surface area contributed by atoms with Crippen molar-refractivity contribution in [1.29, 1.82) is 0 Å². The number of nitrogens with zero attached hydrogens (tertiary/aromatic N) is 3. The van der Waals surface area contributed by atoms with Crippen LogP contribution in [0.3, 0.4) is 0 Å². The fraction of sp³-hybridized carbons (Fsp3) is 0.529. The number of aryl methyl sites for hydroxylation is 1. The highest BCUT2D eigenvalue weighted by atomic mass is 16.5. The smallest absolute Gasteiger partial charge is 0.241 e. The van der Waals surface area contributed by atoms with Crippen LogP contribution in [0.25, 0.3) is 11.4 Å². The van der Waals surface area contributed by atoms with E-state index < -0.39 is 5.60 Å². The van der Waals surface area contributed by atoms with Crippen molar-refractivity contribution < 1.29 is 9.63 Å². The predicted octanol–water partition coefficient (Wildman–Crippen LogP) is 2.78. The Kier molecular flexibility index (Phi) is 4.02. The van der Waals surface area contributed by atoms with Crippen molar-refractivity contribution in [1.82, 2.24) is 15.0 Å². The molecule has 1 unspecified atom stereocenters. The quantitative estimate of drug-likeness (QED) is 0.941. The van der Waals surface area contributed by atoms with E-state index in [2.05, 4.69) is 15.0 Å². The van der Waals surface area contributed by atoms with Crippen LogP contribution in [0.15, 0.2) is 28.8 Å². The third-order valence-corrected chi connectivity index (χ3v) is 4.26. The number of hydrogen-bond acceptors (Lipinski definition) is 5. The zero-order valence-corrected chi connectivity index (χ0v) is 13.4. The molecule has 1 atom stereocenters. The summed E-state index contributed by atoms with van der Waals surface area (Å²) in [6.45, 7) is 7.32. The van der Waals surface area contributed by atoms with Crippen molar-refractivity contribution >= 4 is 0 Å². The van der Waals surface area contributed by atoms with Crippen molar-refractivity contribution in [3.63, 3.8) is 0 Å². The minimum Gasteiger partial charge on any atom is -0.389 e. The van der Waals surface area contributed by atoms with Gasteiger partial charge in [-0.3, -0.25) is 4.90 Å². The molecule has 0 aliphatic carbocycles. The van der Waals surface area contributed by atoms with Crippen LogP contribution in [-0.2, 0) is 6.54 Å². The molecule has 0 spiro atoms. The van der Waals surface area contributed by atoms with Crippen LogP contribution in [0.2, 0.25) is 0 Å². The third-order valence-electron chi connectivity index (χ3n) is 4.26. The second-order valence-electron chi connectivity index (χ2n) is 6.66. The lowest BCUT2D eigenvalue weighted by atomic mass is 9.97. The minimum atomic E-state index is -0.712. The van der Waals surface area contributed by atoms with Gasteiger partial charge in [0.1, 0.15) is 0 Å². The molecule has 5 heteroatoms. The van der Waals surface area contributed by atoms with Gasteiger partial charge in [0.05, 0.1) is 12.1 Å². The van der Waals surface area contributed by atoms with Gasteiger partial charge in [-0.05, 0) is 46.2 Å². The second-order valence-corrected chi connectivity index (χ2v) is 6.66. The largest absolute Gasteiger partial charge is 0.389 e. The van der Waals surface area contributed by atoms with Gasteiger partial charge in [-0.15, -0.1) is 0 Å². The van der Waals surface area contributed by atoms with Crippen LogP contribution >= 0.6 is 0 Å². The molecule has 1 N–H and O–H groups in total. The van der Waals surface area contributed by atoms with Crippen LogP contribution in [0.4, 0.5) is 0 Å². The number of aromatic nitrogens is 2. The Morgan fingerprint density at radius 1 is 1.41 bits per heavy atom. The lowest BCUT2D eigenvalue weighted by Crippen LogP contribution is -2.45. The molecule has 22 heavy (non-hydrogen) atoms. The maximum absolute atomic E-state index is 10.3. The van der Waals surface area contributed by atoms with Crippen molar-refractivity contribution in [2.24, 2.45) is 0 Å². The van der Waals surface area contributed by atoms with E-state index in [1.807, 2.05) is 45.0 Å². The van der Waals surface area contributed by atoms with Gasteiger partial charge >= 0.3 is 0 Å². The fourth-order valence-electron chi connectivity index (χ4n) is 3.21. The van der Waals surface area contributed by atoms with E-state index >= 15 is 0 Å². The molecule has 1 aromatic heterocycles. The number of hydrogen-bond donors (Lipinski definition) is 1. The molecule has 1 aliphatic rings. The number of benzene rings is 1. The highest BCUT2D eigenvalue weighted by Crippen LogP contribution is 2.28. The molecule has 2 heterocycles. The number of rotatable bonds is 4. The molecule has 0 bridgehead atoms. The maximum atomic E-state index is 10.3. The van der Waals surface area contributed by atoms with Crippen LogP contribution in [-0.4, -0.2) is 38.3 Å². The number of aliphatic hydroxyl groups is 1. The summed E-state index contributed by atoms with van der Waals surface area (Å²) in [5, 5.41) is 14.4. The van der Waals surface area contributed by atoms with Gasteiger partial charge < -0.3 is 9.63 Å². The van der Waals surface area contributed by atoms with Crippen LogP contribution in [0.5, 0.6) is 0 Å². The van der Waals surface area contributed by atoms with Crippen LogP contribution < -0.4 is 0 Å². The first-order valence-electron chi connectivity index (χ1n) is 7.79. The molecule has 3 rings (SSSR count). The molecule has 1 aliphatic heterocycles. The summed E-state index contributed by atoms with van der Waals surface area (Å²) in [4.78, 5) is 6.73. The molecule has 0 radical (unpaired) electrons. The molecule has 1 aromatic carbocycles. The molecule has 1 saturated heterocycles. The Hall–Kier alpha value is -1.72. The van der Waals surface area contributed by atoms with E-state index in [1.54, 1.807) is 0 Å². The van der Waals surface area contributed by atoms with E-state index in [9.17, 15) is 5.11 Å². The molecular weight excluding hydrogens is 278 g/mol. The summed E-state index contributed by atoms with van der Waals surface area (Å²) < 4.78 is 5.40. The van der Waals surface area contributed by atoms with Gasteiger partial charge in [0, 0.05) is 11.6 Å². The van der Waals surface area contributed by atoms with Gasteiger partial charge in [0.25, 0.3) is 0 Å². The molecule has 1 fully saturated rings. The lowest BCUT2D eigenvalue weighted by molar-refractivity contribution is -0.00774. The van der Waals surface area contributed by atoms with E-state index in [-0.39, 0.29) is 6.04 Å². The van der Waals surface area contributed by atoms with Crippen LogP contribution in [0, 0.1) is 6.92 Å². The molecule has 5 nitrogen and oxygen atoms in total. The first kappa shape index (κ1) is 15.2. The van der Waals surface area contributed by atoms with Gasteiger partial charge in [0.15, 0.2) is 0 Å².